The van der Waals surface area contributed by atoms with Crippen LogP contribution in [0.3, 0.4) is 0 Å². The van der Waals surface area contributed by atoms with E-state index < -0.39 is 0 Å². The molecule has 2 rings (SSSR count). The van der Waals surface area contributed by atoms with Gasteiger partial charge in [-0.05, 0) is 32.2 Å². The van der Waals surface area contributed by atoms with E-state index in [0.717, 1.165) is 39.4 Å². The van der Waals surface area contributed by atoms with E-state index in [9.17, 15) is 0 Å². The van der Waals surface area contributed by atoms with Crippen LogP contribution in [0.25, 0.3) is 0 Å². The first-order valence-corrected chi connectivity index (χ1v) is 7.06. The molecule has 0 amide bonds. The summed E-state index contributed by atoms with van der Waals surface area (Å²) >= 11 is 0. The summed E-state index contributed by atoms with van der Waals surface area (Å²) in [5, 5.41) is 3.76. The summed E-state index contributed by atoms with van der Waals surface area (Å²) in [6.07, 6.45) is 3.94. The second-order valence-corrected chi connectivity index (χ2v) is 5.51. The summed E-state index contributed by atoms with van der Waals surface area (Å²) < 4.78 is 5.37. The highest BCUT2D eigenvalue weighted by Crippen LogP contribution is 2.24. The molecule has 0 aromatic rings. The van der Waals surface area contributed by atoms with Crippen molar-refractivity contribution in [3.05, 3.63) is 0 Å². The number of hydrogen-bond acceptors (Lipinski definition) is 4. The molecule has 4 heteroatoms. The topological polar surface area (TPSA) is 50.5 Å². The van der Waals surface area contributed by atoms with E-state index in [4.69, 9.17) is 10.5 Å². The number of hydrogen-bond donors (Lipinski definition) is 2. The van der Waals surface area contributed by atoms with Crippen molar-refractivity contribution in [1.29, 1.82) is 0 Å². The molecule has 0 bridgehead atoms. The molecule has 1 heterocycles. The molecular formula is C13H27N3O. The van der Waals surface area contributed by atoms with Crippen molar-refractivity contribution in [2.24, 2.45) is 11.7 Å². The Morgan fingerprint density at radius 1 is 1.35 bits per heavy atom. The minimum Gasteiger partial charge on any atom is -0.379 e. The van der Waals surface area contributed by atoms with Gasteiger partial charge >= 0.3 is 0 Å². The maximum Gasteiger partial charge on any atom is 0.0594 e. The summed E-state index contributed by atoms with van der Waals surface area (Å²) in [5.41, 5.74) is 5.82. The lowest BCUT2D eigenvalue weighted by molar-refractivity contribution is 0.0336. The van der Waals surface area contributed by atoms with E-state index in [0.29, 0.717) is 18.0 Å². The zero-order valence-electron chi connectivity index (χ0n) is 11.0. The van der Waals surface area contributed by atoms with Crippen molar-refractivity contribution in [1.82, 2.24) is 10.2 Å². The molecule has 3 atom stereocenters. The van der Waals surface area contributed by atoms with Crippen LogP contribution < -0.4 is 11.1 Å². The lowest BCUT2D eigenvalue weighted by Gasteiger charge is -2.31. The number of morpholine rings is 1. The number of ether oxygens (including phenoxy) is 1. The highest BCUT2D eigenvalue weighted by atomic mass is 16.5. The minimum absolute atomic E-state index is 0.560. The number of nitrogens with zero attached hydrogens (tertiary/aromatic N) is 1. The molecular weight excluding hydrogens is 214 g/mol. The minimum atomic E-state index is 0.560. The van der Waals surface area contributed by atoms with Crippen LogP contribution in [0.2, 0.25) is 0 Å². The fourth-order valence-electron chi connectivity index (χ4n) is 3.13. The largest absolute Gasteiger partial charge is 0.379 e. The molecule has 1 aliphatic heterocycles. The number of nitrogens with one attached hydrogen (secondary N) is 1. The fraction of sp³-hybridized carbons (Fsp3) is 1.00. The van der Waals surface area contributed by atoms with E-state index in [-0.39, 0.29) is 0 Å². The van der Waals surface area contributed by atoms with Gasteiger partial charge in [-0.2, -0.15) is 0 Å². The van der Waals surface area contributed by atoms with Crippen LogP contribution in [0.5, 0.6) is 0 Å². The molecule has 2 fully saturated rings. The molecule has 0 aromatic heterocycles. The SMILES string of the molecule is CC(CN1CCOCC1)NC1CCCC1CN. The van der Waals surface area contributed by atoms with Gasteiger partial charge in [-0.15, -0.1) is 0 Å². The van der Waals surface area contributed by atoms with E-state index >= 15 is 0 Å². The average Bonchev–Trinajstić information content (AvgIpc) is 2.77. The lowest BCUT2D eigenvalue weighted by atomic mass is 10.0. The van der Waals surface area contributed by atoms with E-state index in [1.807, 2.05) is 0 Å². The zero-order chi connectivity index (χ0) is 12.1. The van der Waals surface area contributed by atoms with Gasteiger partial charge in [0.15, 0.2) is 0 Å². The van der Waals surface area contributed by atoms with Crippen molar-refractivity contribution in [2.75, 3.05) is 39.4 Å². The zero-order valence-corrected chi connectivity index (χ0v) is 11.0. The predicted octanol–water partition coefficient (Wildman–Crippen LogP) is 0.424. The molecule has 1 aliphatic carbocycles. The standard InChI is InChI=1S/C13H27N3O/c1-11(10-16-5-7-17-8-6-16)15-13-4-2-3-12(13)9-14/h11-13,15H,2-10,14H2,1H3. The van der Waals surface area contributed by atoms with Gasteiger partial charge in [-0.1, -0.05) is 6.42 Å². The van der Waals surface area contributed by atoms with Gasteiger partial charge in [-0.25, -0.2) is 0 Å². The summed E-state index contributed by atoms with van der Waals surface area (Å²) in [5.74, 6) is 0.696. The summed E-state index contributed by atoms with van der Waals surface area (Å²) in [7, 11) is 0. The Kier molecular flexibility index (Phi) is 5.22. The molecule has 4 nitrogen and oxygen atoms in total. The highest BCUT2D eigenvalue weighted by Gasteiger charge is 2.27. The maximum atomic E-state index is 5.82. The highest BCUT2D eigenvalue weighted by molar-refractivity contribution is 4.86. The third-order valence-electron chi connectivity index (χ3n) is 4.10. The van der Waals surface area contributed by atoms with Gasteiger partial charge in [-0.3, -0.25) is 4.90 Å². The Labute approximate surface area is 105 Å². The monoisotopic (exact) mass is 241 g/mol. The van der Waals surface area contributed by atoms with Crippen LogP contribution in [0.4, 0.5) is 0 Å². The normalized spacial score (nSPS) is 32.8. The van der Waals surface area contributed by atoms with Gasteiger partial charge in [0.1, 0.15) is 0 Å². The molecule has 3 N–H and O–H groups in total. The van der Waals surface area contributed by atoms with Crippen molar-refractivity contribution in [2.45, 2.75) is 38.3 Å². The average molecular weight is 241 g/mol. The molecule has 1 saturated carbocycles. The smallest absolute Gasteiger partial charge is 0.0594 e. The van der Waals surface area contributed by atoms with Gasteiger partial charge in [0.05, 0.1) is 13.2 Å². The van der Waals surface area contributed by atoms with Crippen LogP contribution in [-0.2, 0) is 4.74 Å². The quantitative estimate of drug-likeness (QED) is 0.733. The Balaban J connectivity index is 1.70. The second kappa shape index (κ2) is 6.69. The number of nitrogens with two attached hydrogens (primary N) is 1. The third-order valence-corrected chi connectivity index (χ3v) is 4.10. The third kappa shape index (κ3) is 3.91. The molecule has 1 saturated heterocycles. The summed E-state index contributed by atoms with van der Waals surface area (Å²) in [4.78, 5) is 2.49. The van der Waals surface area contributed by atoms with Gasteiger partial charge in [0.25, 0.3) is 0 Å². The van der Waals surface area contributed by atoms with Gasteiger partial charge in [0, 0.05) is 31.7 Å². The molecule has 0 aromatic carbocycles. The molecule has 100 valence electrons. The summed E-state index contributed by atoms with van der Waals surface area (Å²) in [6.45, 7) is 8.21. The Morgan fingerprint density at radius 3 is 2.82 bits per heavy atom. The first-order valence-electron chi connectivity index (χ1n) is 7.06. The van der Waals surface area contributed by atoms with Crippen LogP contribution >= 0.6 is 0 Å². The Bertz CT molecular complexity index is 219. The van der Waals surface area contributed by atoms with E-state index in [1.54, 1.807) is 0 Å². The number of rotatable bonds is 5. The maximum absolute atomic E-state index is 5.82. The Hall–Kier alpha value is -0.160. The fourth-order valence-corrected chi connectivity index (χ4v) is 3.13. The van der Waals surface area contributed by atoms with Gasteiger partial charge in [0.2, 0.25) is 0 Å². The van der Waals surface area contributed by atoms with Crippen molar-refractivity contribution in [3.63, 3.8) is 0 Å². The molecule has 0 spiro atoms. The van der Waals surface area contributed by atoms with Crippen molar-refractivity contribution < 1.29 is 4.74 Å². The first kappa shape index (κ1) is 13.3. The first-order chi connectivity index (χ1) is 8.29. The van der Waals surface area contributed by atoms with Crippen molar-refractivity contribution in [3.8, 4) is 0 Å². The Morgan fingerprint density at radius 2 is 2.12 bits per heavy atom. The molecule has 2 aliphatic rings. The van der Waals surface area contributed by atoms with Crippen LogP contribution in [0, 0.1) is 5.92 Å². The molecule has 3 unspecified atom stereocenters. The van der Waals surface area contributed by atoms with Crippen LogP contribution in [0.15, 0.2) is 0 Å². The predicted molar refractivity (Wildman–Crippen MR) is 70.0 cm³/mol. The molecule has 0 radical (unpaired) electrons. The molecule has 17 heavy (non-hydrogen) atoms. The van der Waals surface area contributed by atoms with Crippen LogP contribution in [-0.4, -0.2) is 56.4 Å². The van der Waals surface area contributed by atoms with Crippen LogP contribution in [0.1, 0.15) is 26.2 Å². The lowest BCUT2D eigenvalue weighted by Crippen LogP contribution is -2.48. The van der Waals surface area contributed by atoms with E-state index in [1.165, 1.54) is 19.3 Å². The van der Waals surface area contributed by atoms with Crippen molar-refractivity contribution >= 4 is 0 Å². The van der Waals surface area contributed by atoms with Gasteiger partial charge < -0.3 is 15.8 Å². The summed E-state index contributed by atoms with van der Waals surface area (Å²) in [6, 6.07) is 1.21. The van der Waals surface area contributed by atoms with E-state index in [2.05, 4.69) is 17.1 Å². The second-order valence-electron chi connectivity index (χ2n) is 5.51.